The summed E-state index contributed by atoms with van der Waals surface area (Å²) in [5.41, 5.74) is -0.174. The summed E-state index contributed by atoms with van der Waals surface area (Å²) in [6.07, 6.45) is 4.64. The first-order valence-electron chi connectivity index (χ1n) is 5.09. The van der Waals surface area contributed by atoms with Gasteiger partial charge in [0.2, 0.25) is 0 Å². The second-order valence-electron chi connectivity index (χ2n) is 4.22. The second-order valence-corrected chi connectivity index (χ2v) is 4.22. The highest BCUT2D eigenvalue weighted by molar-refractivity contribution is 5.78. The summed E-state index contributed by atoms with van der Waals surface area (Å²) in [4.78, 5) is 11.7. The summed E-state index contributed by atoms with van der Waals surface area (Å²) in [6.45, 7) is 1.82. The molecule has 0 spiro atoms. The van der Waals surface area contributed by atoms with Gasteiger partial charge in [-0.2, -0.15) is 0 Å². The summed E-state index contributed by atoms with van der Waals surface area (Å²) >= 11 is 0. The zero-order chi connectivity index (χ0) is 9.31. The van der Waals surface area contributed by atoms with Crippen LogP contribution >= 0.6 is 0 Å². The molecule has 0 aromatic heterocycles. The van der Waals surface area contributed by atoms with Gasteiger partial charge in [-0.1, -0.05) is 12.8 Å². The Morgan fingerprint density at radius 3 is 3.15 bits per heavy atom. The first-order chi connectivity index (χ1) is 6.29. The van der Waals surface area contributed by atoms with Gasteiger partial charge in [-0.3, -0.25) is 4.79 Å². The Labute approximate surface area is 78.8 Å². The average molecular weight is 183 g/mol. The maximum absolute atomic E-state index is 11.7. The van der Waals surface area contributed by atoms with Crippen LogP contribution in [0.3, 0.4) is 0 Å². The van der Waals surface area contributed by atoms with E-state index in [2.05, 4.69) is 5.32 Å². The quantitative estimate of drug-likeness (QED) is 0.615. The van der Waals surface area contributed by atoms with E-state index in [9.17, 15) is 4.79 Å². The number of rotatable bonds is 1. The van der Waals surface area contributed by atoms with E-state index in [1.54, 1.807) is 0 Å². The van der Waals surface area contributed by atoms with Gasteiger partial charge in [-0.15, -0.1) is 0 Å². The standard InChI is InChI=1S/C10H17NO2/c1-13-9(12)10-5-3-2-4-8(10)6-11-7-10/h8,11H,2-7H2,1H3. The number of carbonyl (C=O) groups excluding carboxylic acids is 1. The molecule has 74 valence electrons. The molecule has 1 saturated heterocycles. The van der Waals surface area contributed by atoms with Crippen molar-refractivity contribution in [3.8, 4) is 0 Å². The highest BCUT2D eigenvalue weighted by Crippen LogP contribution is 2.44. The molecule has 2 fully saturated rings. The molecular weight excluding hydrogens is 166 g/mol. The van der Waals surface area contributed by atoms with Gasteiger partial charge in [-0.05, 0) is 25.3 Å². The van der Waals surface area contributed by atoms with Gasteiger partial charge in [0.25, 0.3) is 0 Å². The highest BCUT2D eigenvalue weighted by Gasteiger charge is 2.50. The Hall–Kier alpha value is -0.570. The molecule has 0 aromatic rings. The summed E-state index contributed by atoms with van der Waals surface area (Å²) in [7, 11) is 1.50. The van der Waals surface area contributed by atoms with Gasteiger partial charge in [0, 0.05) is 6.54 Å². The molecule has 3 heteroatoms. The lowest BCUT2D eigenvalue weighted by atomic mass is 9.68. The van der Waals surface area contributed by atoms with Crippen LogP contribution in [-0.4, -0.2) is 26.2 Å². The largest absolute Gasteiger partial charge is 0.469 e. The number of ether oxygens (including phenoxy) is 1. The molecule has 1 saturated carbocycles. The molecule has 1 heterocycles. The van der Waals surface area contributed by atoms with Crippen molar-refractivity contribution in [1.29, 1.82) is 0 Å². The molecule has 1 aliphatic heterocycles. The number of esters is 1. The zero-order valence-electron chi connectivity index (χ0n) is 8.14. The highest BCUT2D eigenvalue weighted by atomic mass is 16.5. The van der Waals surface area contributed by atoms with Crippen molar-refractivity contribution in [3.05, 3.63) is 0 Å². The normalized spacial score (nSPS) is 38.4. The molecule has 0 radical (unpaired) electrons. The Morgan fingerprint density at radius 1 is 1.54 bits per heavy atom. The van der Waals surface area contributed by atoms with Crippen LogP contribution in [0.1, 0.15) is 25.7 Å². The number of hydrogen-bond acceptors (Lipinski definition) is 3. The summed E-state index contributed by atoms with van der Waals surface area (Å²) < 4.78 is 4.92. The molecule has 3 nitrogen and oxygen atoms in total. The molecule has 13 heavy (non-hydrogen) atoms. The monoisotopic (exact) mass is 183 g/mol. The Kier molecular flexibility index (Phi) is 2.28. The van der Waals surface area contributed by atoms with Crippen LogP contribution in [0.15, 0.2) is 0 Å². The van der Waals surface area contributed by atoms with Crippen LogP contribution < -0.4 is 5.32 Å². The van der Waals surface area contributed by atoms with Gasteiger partial charge in [0.15, 0.2) is 0 Å². The number of carbonyl (C=O) groups is 1. The van der Waals surface area contributed by atoms with Crippen LogP contribution in [-0.2, 0) is 9.53 Å². The third kappa shape index (κ3) is 1.26. The van der Waals surface area contributed by atoms with Crippen molar-refractivity contribution >= 4 is 5.97 Å². The minimum atomic E-state index is -0.174. The fraction of sp³-hybridized carbons (Fsp3) is 0.900. The van der Waals surface area contributed by atoms with Crippen molar-refractivity contribution in [3.63, 3.8) is 0 Å². The minimum absolute atomic E-state index is 0.00204. The Morgan fingerprint density at radius 2 is 2.38 bits per heavy atom. The second kappa shape index (κ2) is 3.29. The molecular formula is C10H17NO2. The first kappa shape index (κ1) is 9.00. The average Bonchev–Trinajstić information content (AvgIpc) is 2.61. The van der Waals surface area contributed by atoms with Crippen LogP contribution in [0, 0.1) is 11.3 Å². The van der Waals surface area contributed by atoms with E-state index in [4.69, 9.17) is 4.74 Å². The fourth-order valence-electron chi connectivity index (χ4n) is 2.86. The SMILES string of the molecule is COC(=O)C12CCCCC1CNC2. The van der Waals surface area contributed by atoms with Gasteiger partial charge < -0.3 is 10.1 Å². The van der Waals surface area contributed by atoms with Crippen molar-refractivity contribution in [2.75, 3.05) is 20.2 Å². The van der Waals surface area contributed by atoms with E-state index < -0.39 is 0 Å². The lowest BCUT2D eigenvalue weighted by molar-refractivity contribution is -0.156. The molecule has 0 amide bonds. The zero-order valence-corrected chi connectivity index (χ0v) is 8.14. The summed E-state index contributed by atoms with van der Waals surface area (Å²) in [5.74, 6) is 0.524. The third-order valence-corrected chi connectivity index (χ3v) is 3.63. The maximum atomic E-state index is 11.7. The lowest BCUT2D eigenvalue weighted by Crippen LogP contribution is -2.41. The summed E-state index contributed by atoms with van der Waals surface area (Å²) in [5, 5.41) is 3.32. The maximum Gasteiger partial charge on any atom is 0.313 e. The fourth-order valence-corrected chi connectivity index (χ4v) is 2.86. The molecule has 1 aliphatic carbocycles. The molecule has 2 aliphatic rings. The van der Waals surface area contributed by atoms with Crippen molar-refractivity contribution in [1.82, 2.24) is 5.32 Å². The third-order valence-electron chi connectivity index (χ3n) is 3.63. The molecule has 2 atom stereocenters. The smallest absolute Gasteiger partial charge is 0.313 e. The van der Waals surface area contributed by atoms with E-state index in [1.165, 1.54) is 26.4 Å². The van der Waals surface area contributed by atoms with E-state index >= 15 is 0 Å². The van der Waals surface area contributed by atoms with Crippen molar-refractivity contribution in [2.24, 2.45) is 11.3 Å². The van der Waals surface area contributed by atoms with Gasteiger partial charge in [-0.25, -0.2) is 0 Å². The van der Waals surface area contributed by atoms with Crippen molar-refractivity contribution < 1.29 is 9.53 Å². The number of nitrogens with one attached hydrogen (secondary N) is 1. The lowest BCUT2D eigenvalue weighted by Gasteiger charge is -2.35. The van der Waals surface area contributed by atoms with E-state index in [1.807, 2.05) is 0 Å². The van der Waals surface area contributed by atoms with E-state index in [0.717, 1.165) is 19.5 Å². The van der Waals surface area contributed by atoms with Gasteiger partial charge >= 0.3 is 5.97 Å². The van der Waals surface area contributed by atoms with Crippen LogP contribution in [0.5, 0.6) is 0 Å². The predicted molar refractivity (Wildman–Crippen MR) is 49.3 cm³/mol. The molecule has 2 unspecified atom stereocenters. The number of methoxy groups -OCH3 is 1. The van der Waals surface area contributed by atoms with E-state index in [0.29, 0.717) is 5.92 Å². The minimum Gasteiger partial charge on any atom is -0.469 e. The summed E-state index contributed by atoms with van der Waals surface area (Å²) in [6, 6.07) is 0. The molecule has 2 rings (SSSR count). The van der Waals surface area contributed by atoms with E-state index in [-0.39, 0.29) is 11.4 Å². The van der Waals surface area contributed by atoms with Crippen molar-refractivity contribution in [2.45, 2.75) is 25.7 Å². The Bertz CT molecular complexity index is 217. The molecule has 0 aromatic carbocycles. The first-order valence-corrected chi connectivity index (χ1v) is 5.09. The van der Waals surface area contributed by atoms with Crippen LogP contribution in [0.4, 0.5) is 0 Å². The van der Waals surface area contributed by atoms with Gasteiger partial charge in [0.1, 0.15) is 0 Å². The number of fused-ring (bicyclic) bond motifs is 1. The molecule has 1 N–H and O–H groups in total. The predicted octanol–water partition coefficient (Wildman–Crippen LogP) is 0.939. The van der Waals surface area contributed by atoms with Crippen LogP contribution in [0.25, 0.3) is 0 Å². The van der Waals surface area contributed by atoms with Crippen LogP contribution in [0.2, 0.25) is 0 Å². The Balaban J connectivity index is 2.20. The molecule has 0 bridgehead atoms. The number of hydrogen-bond donors (Lipinski definition) is 1. The van der Waals surface area contributed by atoms with Gasteiger partial charge in [0.05, 0.1) is 12.5 Å². The topological polar surface area (TPSA) is 38.3 Å².